The number of aromatic nitrogens is 1. The van der Waals surface area contributed by atoms with E-state index < -0.39 is 0 Å². The van der Waals surface area contributed by atoms with Gasteiger partial charge >= 0.3 is 0 Å². The van der Waals surface area contributed by atoms with Crippen molar-refractivity contribution in [2.75, 3.05) is 0 Å². The normalized spacial score (nSPS) is 14.9. The van der Waals surface area contributed by atoms with Gasteiger partial charge in [0, 0.05) is 32.2 Å². The minimum atomic E-state index is 0.438. The van der Waals surface area contributed by atoms with Gasteiger partial charge in [0.1, 0.15) is 0 Å². The molecule has 0 N–H and O–H groups in total. The lowest BCUT2D eigenvalue weighted by Crippen LogP contribution is -2.12. The van der Waals surface area contributed by atoms with Crippen LogP contribution in [0.4, 0.5) is 0 Å². The molecule has 2 heterocycles. The van der Waals surface area contributed by atoms with Crippen LogP contribution in [0.3, 0.4) is 0 Å². The van der Waals surface area contributed by atoms with Crippen LogP contribution in [0.1, 0.15) is 29.0 Å². The monoisotopic (exact) mass is 603 g/mol. The predicted molar refractivity (Wildman–Crippen MR) is 195 cm³/mol. The summed E-state index contributed by atoms with van der Waals surface area (Å²) in [7, 11) is 0. The fraction of sp³-hybridized carbons (Fsp3) is 0.0455. The highest BCUT2D eigenvalue weighted by molar-refractivity contribution is 7.99. The Morgan fingerprint density at radius 1 is 0.522 bits per heavy atom. The molecule has 0 bridgehead atoms. The van der Waals surface area contributed by atoms with Crippen LogP contribution in [-0.4, -0.2) is 4.57 Å². The minimum absolute atomic E-state index is 0.438. The zero-order valence-electron chi connectivity index (χ0n) is 25.2. The van der Waals surface area contributed by atoms with Crippen molar-refractivity contribution in [1.29, 1.82) is 0 Å². The third-order valence-corrected chi connectivity index (χ3v) is 11.1. The number of hydrogen-bond donors (Lipinski definition) is 0. The van der Waals surface area contributed by atoms with E-state index >= 15 is 0 Å². The Bertz CT molecular complexity index is 2520. The summed E-state index contributed by atoms with van der Waals surface area (Å²) in [5.74, 6) is 0.438. The molecule has 1 aliphatic carbocycles. The van der Waals surface area contributed by atoms with E-state index in [1.165, 1.54) is 87.0 Å². The molecule has 10 rings (SSSR count). The van der Waals surface area contributed by atoms with Gasteiger partial charge in [0.05, 0.1) is 11.0 Å². The van der Waals surface area contributed by atoms with E-state index in [0.717, 1.165) is 6.42 Å². The first-order valence-electron chi connectivity index (χ1n) is 16.0. The van der Waals surface area contributed by atoms with E-state index in [4.69, 9.17) is 0 Å². The van der Waals surface area contributed by atoms with Crippen LogP contribution in [-0.2, 0) is 0 Å². The number of allylic oxidation sites excluding steroid dienone is 1. The van der Waals surface area contributed by atoms with Crippen molar-refractivity contribution in [1.82, 2.24) is 4.57 Å². The Labute approximate surface area is 272 Å². The van der Waals surface area contributed by atoms with Crippen LogP contribution in [0.15, 0.2) is 161 Å². The topological polar surface area (TPSA) is 4.93 Å². The second-order valence-electron chi connectivity index (χ2n) is 12.5. The maximum Gasteiger partial charge on any atom is 0.0547 e. The third kappa shape index (κ3) is 3.97. The van der Waals surface area contributed by atoms with Gasteiger partial charge in [0.15, 0.2) is 0 Å². The van der Waals surface area contributed by atoms with Gasteiger partial charge in [0.2, 0.25) is 0 Å². The van der Waals surface area contributed by atoms with E-state index in [2.05, 4.69) is 162 Å². The summed E-state index contributed by atoms with van der Waals surface area (Å²) in [6.45, 7) is 0. The standard InChI is InChI=1S/C44H29NS/c1-2-12-35(13-3-1)45-40-22-20-33(25-37(40)38-24-31-8-4-5-9-32(31)27-41(38)45)28-16-18-29(19-17-28)34-21-23-42-39(26-34)36-14-6-10-30-11-7-15-43(46-42)44(30)36/h1-13,15-27,36H,14H2. The van der Waals surface area contributed by atoms with Crippen molar-refractivity contribution in [2.45, 2.75) is 22.1 Å². The van der Waals surface area contributed by atoms with E-state index in [9.17, 15) is 0 Å². The van der Waals surface area contributed by atoms with Gasteiger partial charge in [-0.25, -0.2) is 0 Å². The largest absolute Gasteiger partial charge is 0.309 e. The molecule has 1 unspecified atom stereocenters. The Morgan fingerprint density at radius 2 is 1.22 bits per heavy atom. The number of fused-ring (bicyclic) bond motifs is 6. The van der Waals surface area contributed by atoms with Gasteiger partial charge in [-0.15, -0.1) is 0 Å². The Hall–Kier alpha value is -5.31. The smallest absolute Gasteiger partial charge is 0.0547 e. The van der Waals surface area contributed by atoms with Crippen LogP contribution in [0.2, 0.25) is 0 Å². The third-order valence-electron chi connectivity index (χ3n) is 9.92. The van der Waals surface area contributed by atoms with Crippen molar-refractivity contribution in [3.05, 3.63) is 168 Å². The van der Waals surface area contributed by atoms with E-state index in [-0.39, 0.29) is 0 Å². The number of benzene rings is 7. The molecule has 216 valence electrons. The van der Waals surface area contributed by atoms with Crippen molar-refractivity contribution in [3.8, 4) is 27.9 Å². The molecule has 0 amide bonds. The maximum absolute atomic E-state index is 2.44. The highest BCUT2D eigenvalue weighted by Crippen LogP contribution is 2.51. The quantitative estimate of drug-likeness (QED) is 0.194. The molecule has 1 aromatic heterocycles. The molecule has 2 heteroatoms. The van der Waals surface area contributed by atoms with Crippen LogP contribution >= 0.6 is 11.8 Å². The first kappa shape index (κ1) is 26.0. The number of nitrogens with zero attached hydrogens (tertiary/aromatic N) is 1. The molecule has 0 saturated heterocycles. The summed E-state index contributed by atoms with van der Waals surface area (Å²) >= 11 is 1.92. The molecule has 2 aliphatic rings. The first-order valence-corrected chi connectivity index (χ1v) is 16.8. The minimum Gasteiger partial charge on any atom is -0.309 e. The van der Waals surface area contributed by atoms with E-state index in [0.29, 0.717) is 5.92 Å². The average molecular weight is 604 g/mol. The lowest BCUT2D eigenvalue weighted by atomic mass is 9.81. The summed E-state index contributed by atoms with van der Waals surface area (Å²) in [4.78, 5) is 2.80. The van der Waals surface area contributed by atoms with Gasteiger partial charge in [-0.1, -0.05) is 115 Å². The van der Waals surface area contributed by atoms with E-state index in [1.807, 2.05) is 11.8 Å². The molecular formula is C44H29NS. The molecule has 0 saturated carbocycles. The maximum atomic E-state index is 2.44. The summed E-state index contributed by atoms with van der Waals surface area (Å²) in [5.41, 5.74) is 13.0. The van der Waals surface area contributed by atoms with Crippen molar-refractivity contribution >= 4 is 50.4 Å². The van der Waals surface area contributed by atoms with Crippen LogP contribution in [0, 0.1) is 0 Å². The van der Waals surface area contributed by atoms with E-state index in [1.54, 1.807) is 0 Å². The average Bonchev–Trinajstić information content (AvgIpc) is 3.43. The Morgan fingerprint density at radius 3 is 2.04 bits per heavy atom. The molecule has 0 spiro atoms. The summed E-state index contributed by atoms with van der Waals surface area (Å²) in [6, 6.07) is 54.0. The Kier molecular flexibility index (Phi) is 5.70. The fourth-order valence-electron chi connectivity index (χ4n) is 7.71. The van der Waals surface area contributed by atoms with Gasteiger partial charge in [-0.3, -0.25) is 0 Å². The SMILES string of the molecule is C1=Cc2cccc3c2C(C1)c1cc(-c2ccc(-c4ccc5c(c4)c4cc6ccccc6cc4n5-c4ccccc4)cc2)ccc1S3. The zero-order chi connectivity index (χ0) is 30.2. The van der Waals surface area contributed by atoms with Crippen molar-refractivity contribution < 1.29 is 0 Å². The fourth-order valence-corrected chi connectivity index (χ4v) is 8.92. The van der Waals surface area contributed by atoms with Crippen molar-refractivity contribution in [3.63, 3.8) is 0 Å². The number of rotatable bonds is 3. The Balaban J connectivity index is 1.05. The van der Waals surface area contributed by atoms with Gasteiger partial charge in [-0.05, 0) is 111 Å². The van der Waals surface area contributed by atoms with Crippen LogP contribution in [0.25, 0.3) is 66.6 Å². The molecule has 0 fully saturated rings. The molecule has 7 aromatic carbocycles. The zero-order valence-corrected chi connectivity index (χ0v) is 26.0. The van der Waals surface area contributed by atoms with Gasteiger partial charge in [-0.2, -0.15) is 0 Å². The number of hydrogen-bond acceptors (Lipinski definition) is 1. The molecule has 46 heavy (non-hydrogen) atoms. The molecular weight excluding hydrogens is 575 g/mol. The van der Waals surface area contributed by atoms with Crippen molar-refractivity contribution in [2.24, 2.45) is 0 Å². The second-order valence-corrected chi connectivity index (χ2v) is 13.6. The summed E-state index contributed by atoms with van der Waals surface area (Å²) in [5, 5.41) is 5.09. The van der Waals surface area contributed by atoms with Gasteiger partial charge < -0.3 is 4.57 Å². The highest BCUT2D eigenvalue weighted by Gasteiger charge is 2.29. The predicted octanol–water partition coefficient (Wildman–Crippen LogP) is 12.3. The van der Waals surface area contributed by atoms with Gasteiger partial charge in [0.25, 0.3) is 0 Å². The molecule has 0 radical (unpaired) electrons. The summed E-state index contributed by atoms with van der Waals surface area (Å²) < 4.78 is 2.40. The highest BCUT2D eigenvalue weighted by atomic mass is 32.2. The van der Waals surface area contributed by atoms with Crippen LogP contribution in [0.5, 0.6) is 0 Å². The lowest BCUT2D eigenvalue weighted by molar-refractivity contribution is 0.773. The molecule has 1 nitrogen and oxygen atoms in total. The summed E-state index contributed by atoms with van der Waals surface area (Å²) in [6.07, 6.45) is 5.70. The molecule has 1 aliphatic heterocycles. The number of para-hydroxylation sites is 1. The molecule has 8 aromatic rings. The van der Waals surface area contributed by atoms with Crippen LogP contribution < -0.4 is 0 Å². The second kappa shape index (κ2) is 10.1. The lowest BCUT2D eigenvalue weighted by Gasteiger charge is -2.31. The first-order chi connectivity index (χ1) is 22.8. The molecule has 1 atom stereocenters.